The summed E-state index contributed by atoms with van der Waals surface area (Å²) in [6.45, 7) is 6.53. The van der Waals surface area contributed by atoms with Crippen LogP contribution < -0.4 is 20.2 Å². The van der Waals surface area contributed by atoms with Gasteiger partial charge >= 0.3 is 0 Å². The van der Waals surface area contributed by atoms with Crippen molar-refractivity contribution in [2.24, 2.45) is 0 Å². The Balaban J connectivity index is 1.50. The first-order chi connectivity index (χ1) is 16.5. The number of likely N-dealkylation sites (N-methyl/N-ethyl adjacent to an activating group) is 1. The highest BCUT2D eigenvalue weighted by Gasteiger charge is 2.25. The van der Waals surface area contributed by atoms with Crippen LogP contribution in [0.4, 0.5) is 11.4 Å². The molecule has 34 heavy (non-hydrogen) atoms. The molecule has 0 saturated carbocycles. The Kier molecular flexibility index (Phi) is 6.26. The SMILES string of the molecule is CN1CCN(n2c(C(=O)N(C)c3ccc(N4CCOCC4)cc3)cc(=O)c3ccccc32)CC1. The maximum Gasteiger partial charge on any atom is 0.276 e. The van der Waals surface area contributed by atoms with E-state index in [4.69, 9.17) is 4.74 Å². The number of para-hydroxylation sites is 1. The first-order valence-corrected chi connectivity index (χ1v) is 11.8. The molecule has 0 N–H and O–H groups in total. The third kappa shape index (κ3) is 4.26. The van der Waals surface area contributed by atoms with Gasteiger partial charge in [-0.2, -0.15) is 0 Å². The van der Waals surface area contributed by atoms with E-state index in [1.165, 1.54) is 6.07 Å². The lowest BCUT2D eigenvalue weighted by molar-refractivity contribution is 0.0982. The lowest BCUT2D eigenvalue weighted by Crippen LogP contribution is -2.51. The lowest BCUT2D eigenvalue weighted by atomic mass is 10.1. The molecule has 3 aromatic rings. The molecular weight excluding hydrogens is 430 g/mol. The molecule has 1 amide bonds. The highest BCUT2D eigenvalue weighted by Crippen LogP contribution is 2.23. The van der Waals surface area contributed by atoms with Crippen LogP contribution in [0.1, 0.15) is 10.5 Å². The van der Waals surface area contributed by atoms with E-state index >= 15 is 0 Å². The average Bonchev–Trinajstić information content (AvgIpc) is 2.89. The molecule has 8 nitrogen and oxygen atoms in total. The highest BCUT2D eigenvalue weighted by atomic mass is 16.5. The molecule has 178 valence electrons. The molecule has 8 heteroatoms. The fraction of sp³-hybridized carbons (Fsp3) is 0.385. The minimum absolute atomic E-state index is 0.139. The number of carbonyl (C=O) groups is 1. The van der Waals surface area contributed by atoms with Crippen LogP contribution in [0.15, 0.2) is 59.4 Å². The number of ether oxygens (including phenoxy) is 1. The number of aromatic nitrogens is 1. The van der Waals surface area contributed by atoms with Crippen LogP contribution in [0, 0.1) is 0 Å². The van der Waals surface area contributed by atoms with Crippen LogP contribution in [-0.2, 0) is 4.74 Å². The van der Waals surface area contributed by atoms with E-state index in [1.54, 1.807) is 11.9 Å². The molecular formula is C26H31N5O3. The zero-order valence-corrected chi connectivity index (χ0v) is 19.8. The maximum absolute atomic E-state index is 13.8. The topological polar surface area (TPSA) is 61.3 Å². The molecule has 2 aliphatic rings. The van der Waals surface area contributed by atoms with Gasteiger partial charge < -0.3 is 24.4 Å². The van der Waals surface area contributed by atoms with E-state index in [0.29, 0.717) is 11.1 Å². The van der Waals surface area contributed by atoms with Crippen LogP contribution in [-0.4, -0.2) is 82.1 Å². The quantitative estimate of drug-likeness (QED) is 0.592. The fourth-order valence-electron chi connectivity index (χ4n) is 4.71. The molecule has 5 rings (SSSR count). The summed E-state index contributed by atoms with van der Waals surface area (Å²) in [4.78, 5) is 32.9. The molecule has 2 aliphatic heterocycles. The van der Waals surface area contributed by atoms with Crippen molar-refractivity contribution in [3.8, 4) is 0 Å². The Morgan fingerprint density at radius 2 is 1.59 bits per heavy atom. The van der Waals surface area contributed by atoms with Crippen molar-refractivity contribution < 1.29 is 9.53 Å². The van der Waals surface area contributed by atoms with Crippen molar-refractivity contribution in [1.82, 2.24) is 9.58 Å². The highest BCUT2D eigenvalue weighted by molar-refractivity contribution is 6.06. The normalized spacial score (nSPS) is 17.2. The molecule has 2 fully saturated rings. The summed E-state index contributed by atoms with van der Waals surface area (Å²) >= 11 is 0. The summed E-state index contributed by atoms with van der Waals surface area (Å²) in [5.41, 5.74) is 2.91. The number of pyridine rings is 1. The second kappa shape index (κ2) is 9.48. The van der Waals surface area contributed by atoms with Crippen LogP contribution in [0.5, 0.6) is 0 Å². The molecule has 0 spiro atoms. The number of fused-ring (bicyclic) bond motifs is 1. The van der Waals surface area contributed by atoms with E-state index in [0.717, 1.165) is 69.4 Å². The largest absolute Gasteiger partial charge is 0.378 e. The summed E-state index contributed by atoms with van der Waals surface area (Å²) < 4.78 is 7.39. The molecule has 3 heterocycles. The van der Waals surface area contributed by atoms with Gasteiger partial charge in [0.2, 0.25) is 0 Å². The number of nitrogens with zero attached hydrogens (tertiary/aromatic N) is 5. The average molecular weight is 462 g/mol. The van der Waals surface area contributed by atoms with Gasteiger partial charge in [0.1, 0.15) is 5.69 Å². The minimum atomic E-state index is -0.207. The van der Waals surface area contributed by atoms with Gasteiger partial charge in [0, 0.05) is 69.1 Å². The minimum Gasteiger partial charge on any atom is -0.378 e. The van der Waals surface area contributed by atoms with E-state index in [2.05, 4.69) is 21.9 Å². The van der Waals surface area contributed by atoms with Crippen molar-refractivity contribution in [3.05, 3.63) is 70.5 Å². The predicted molar refractivity (Wildman–Crippen MR) is 136 cm³/mol. The number of piperazine rings is 1. The van der Waals surface area contributed by atoms with E-state index in [9.17, 15) is 9.59 Å². The van der Waals surface area contributed by atoms with Crippen LogP contribution >= 0.6 is 0 Å². The Morgan fingerprint density at radius 3 is 2.29 bits per heavy atom. The Hall–Kier alpha value is -3.36. The van der Waals surface area contributed by atoms with E-state index in [1.807, 2.05) is 53.2 Å². The fourth-order valence-corrected chi connectivity index (χ4v) is 4.71. The van der Waals surface area contributed by atoms with Gasteiger partial charge in [-0.05, 0) is 43.4 Å². The monoisotopic (exact) mass is 461 g/mol. The lowest BCUT2D eigenvalue weighted by Gasteiger charge is -2.37. The predicted octanol–water partition coefficient (Wildman–Crippen LogP) is 2.00. The zero-order valence-electron chi connectivity index (χ0n) is 19.8. The zero-order chi connectivity index (χ0) is 23.7. The number of carbonyl (C=O) groups excluding carboxylic acids is 1. The summed E-state index contributed by atoms with van der Waals surface area (Å²) in [6, 6.07) is 17.0. The van der Waals surface area contributed by atoms with Crippen molar-refractivity contribution >= 4 is 28.2 Å². The summed E-state index contributed by atoms with van der Waals surface area (Å²) in [5, 5.41) is 2.79. The van der Waals surface area contributed by atoms with Gasteiger partial charge in [0.05, 0.1) is 18.7 Å². The summed E-state index contributed by atoms with van der Waals surface area (Å²) in [5.74, 6) is -0.207. The molecule has 1 aromatic heterocycles. The third-order valence-corrected chi connectivity index (χ3v) is 6.79. The first-order valence-electron chi connectivity index (χ1n) is 11.8. The van der Waals surface area contributed by atoms with E-state index in [-0.39, 0.29) is 11.3 Å². The maximum atomic E-state index is 13.8. The van der Waals surface area contributed by atoms with Gasteiger partial charge in [-0.25, -0.2) is 0 Å². The Labute approximate surface area is 199 Å². The number of benzene rings is 2. The molecule has 0 bridgehead atoms. The molecule has 0 aliphatic carbocycles. The number of hydrogen-bond acceptors (Lipinski definition) is 6. The summed E-state index contributed by atoms with van der Waals surface area (Å²) in [7, 11) is 3.86. The molecule has 2 saturated heterocycles. The smallest absolute Gasteiger partial charge is 0.276 e. The number of morpholine rings is 1. The molecule has 0 unspecified atom stereocenters. The Bertz CT molecular complexity index is 1230. The van der Waals surface area contributed by atoms with Gasteiger partial charge in [-0.15, -0.1) is 0 Å². The molecule has 0 atom stereocenters. The second-order valence-electron chi connectivity index (χ2n) is 8.96. The van der Waals surface area contributed by atoms with Crippen molar-refractivity contribution in [2.75, 3.05) is 81.4 Å². The number of hydrogen-bond donors (Lipinski definition) is 0. The summed E-state index contributed by atoms with van der Waals surface area (Å²) in [6.07, 6.45) is 0. The third-order valence-electron chi connectivity index (χ3n) is 6.79. The van der Waals surface area contributed by atoms with Crippen LogP contribution in [0.2, 0.25) is 0 Å². The second-order valence-corrected chi connectivity index (χ2v) is 8.96. The van der Waals surface area contributed by atoms with Crippen molar-refractivity contribution in [2.45, 2.75) is 0 Å². The molecule has 2 aromatic carbocycles. The van der Waals surface area contributed by atoms with Gasteiger partial charge in [0.15, 0.2) is 5.43 Å². The van der Waals surface area contributed by atoms with Crippen LogP contribution in [0.3, 0.4) is 0 Å². The van der Waals surface area contributed by atoms with Gasteiger partial charge in [-0.1, -0.05) is 12.1 Å². The van der Waals surface area contributed by atoms with Gasteiger partial charge in [0.25, 0.3) is 5.91 Å². The Morgan fingerprint density at radius 1 is 0.912 bits per heavy atom. The van der Waals surface area contributed by atoms with Crippen LogP contribution in [0.25, 0.3) is 10.9 Å². The molecule has 0 radical (unpaired) electrons. The van der Waals surface area contributed by atoms with E-state index < -0.39 is 0 Å². The first kappa shape index (κ1) is 22.4. The van der Waals surface area contributed by atoms with Gasteiger partial charge in [-0.3, -0.25) is 14.3 Å². The van der Waals surface area contributed by atoms with Crippen molar-refractivity contribution in [1.29, 1.82) is 0 Å². The number of amides is 1. The number of rotatable bonds is 4. The standard InChI is InChI=1S/C26H31N5O3/c1-27-11-13-30(14-12-27)31-23-6-4-3-5-22(23)25(32)19-24(31)26(33)28(2)20-7-9-21(10-8-20)29-15-17-34-18-16-29/h3-10,19H,11-18H2,1-2H3. The number of anilines is 2. The van der Waals surface area contributed by atoms with Crippen molar-refractivity contribution in [3.63, 3.8) is 0 Å².